The summed E-state index contributed by atoms with van der Waals surface area (Å²) in [6, 6.07) is 7.71. The molecule has 13 heteroatoms. The number of nitrogens with zero attached hydrogens (tertiary/aromatic N) is 2. The molecule has 2 aromatic rings. The third-order valence-electron chi connectivity index (χ3n) is 5.04. The zero-order valence-electron chi connectivity index (χ0n) is 20.3. The van der Waals surface area contributed by atoms with Gasteiger partial charge in [-0.25, -0.2) is 19.4 Å². The third-order valence-corrected chi connectivity index (χ3v) is 6.19. The molecule has 1 heterocycles. The molecule has 0 aliphatic carbocycles. The summed E-state index contributed by atoms with van der Waals surface area (Å²) in [5.41, 5.74) is -0.721. The van der Waals surface area contributed by atoms with Crippen LogP contribution in [0.1, 0.15) is 37.6 Å². The molecule has 1 N–H and O–H groups in total. The molecular formula is C24H24Cl4N2O7. The smallest absolute Gasteiger partial charge is 0.354 e. The van der Waals surface area contributed by atoms with Crippen molar-refractivity contribution in [1.29, 1.82) is 0 Å². The second kappa shape index (κ2) is 13.2. The van der Waals surface area contributed by atoms with Crippen LogP contribution in [0.2, 0.25) is 20.1 Å². The molecule has 0 saturated heterocycles. The highest BCUT2D eigenvalue weighted by atomic mass is 35.5. The zero-order chi connectivity index (χ0) is 27.9. The summed E-state index contributed by atoms with van der Waals surface area (Å²) in [5.74, 6) is -2.15. The van der Waals surface area contributed by atoms with Gasteiger partial charge >= 0.3 is 17.9 Å². The second-order valence-electron chi connectivity index (χ2n) is 7.59. The number of esters is 2. The van der Waals surface area contributed by atoms with Crippen LogP contribution in [-0.2, 0) is 19.1 Å². The number of hydrogen-bond donors (Lipinski definition) is 1. The summed E-state index contributed by atoms with van der Waals surface area (Å²) in [5, 5.41) is 15.5. The van der Waals surface area contributed by atoms with E-state index < -0.39 is 23.4 Å². The number of ether oxygens (including phenoxy) is 3. The fraction of sp³-hybridized carbons (Fsp3) is 0.333. The number of hydrazone groups is 1. The monoisotopic (exact) mass is 592 g/mol. The van der Waals surface area contributed by atoms with Gasteiger partial charge in [0.05, 0.1) is 41.1 Å². The molecule has 0 aromatic heterocycles. The molecule has 2 aromatic carbocycles. The minimum absolute atomic E-state index is 0.0591. The molecular weight excluding hydrogens is 570 g/mol. The summed E-state index contributed by atoms with van der Waals surface area (Å²) >= 11 is 23.5. The van der Waals surface area contributed by atoms with Crippen LogP contribution in [0.5, 0.6) is 5.75 Å². The van der Waals surface area contributed by atoms with Crippen molar-refractivity contribution in [2.24, 2.45) is 5.10 Å². The number of halogens is 4. The van der Waals surface area contributed by atoms with E-state index in [2.05, 4.69) is 5.10 Å². The molecule has 1 unspecified atom stereocenters. The Kier molecular flexibility index (Phi) is 10.9. The van der Waals surface area contributed by atoms with Crippen LogP contribution in [-0.4, -0.2) is 54.6 Å². The number of carbonyl (C=O) groups excluding carboxylic acids is 2. The molecule has 0 saturated carbocycles. The van der Waals surface area contributed by atoms with E-state index in [1.54, 1.807) is 39.0 Å². The van der Waals surface area contributed by atoms with Crippen molar-refractivity contribution in [3.8, 4) is 5.75 Å². The van der Waals surface area contributed by atoms with Gasteiger partial charge in [-0.2, -0.15) is 5.10 Å². The van der Waals surface area contributed by atoms with Crippen LogP contribution in [0.4, 0.5) is 5.69 Å². The molecule has 9 nitrogen and oxygen atoms in total. The Morgan fingerprint density at radius 1 is 1.00 bits per heavy atom. The summed E-state index contributed by atoms with van der Waals surface area (Å²) in [7, 11) is 1.34. The van der Waals surface area contributed by atoms with Crippen molar-refractivity contribution in [2.75, 3.05) is 25.3 Å². The van der Waals surface area contributed by atoms with Crippen LogP contribution in [0.25, 0.3) is 0 Å². The van der Waals surface area contributed by atoms with Gasteiger partial charge in [0.15, 0.2) is 11.3 Å². The van der Waals surface area contributed by atoms with E-state index in [9.17, 15) is 14.4 Å². The molecule has 200 valence electrons. The molecule has 37 heavy (non-hydrogen) atoms. The number of rotatable bonds is 7. The molecule has 0 bridgehead atoms. The van der Waals surface area contributed by atoms with Crippen molar-refractivity contribution in [2.45, 2.75) is 32.7 Å². The number of benzene rings is 2. The van der Waals surface area contributed by atoms with Crippen LogP contribution >= 0.6 is 46.4 Å². The van der Waals surface area contributed by atoms with Crippen molar-refractivity contribution in [3.05, 3.63) is 56.0 Å². The van der Waals surface area contributed by atoms with Gasteiger partial charge in [0.1, 0.15) is 11.3 Å². The lowest BCUT2D eigenvalue weighted by molar-refractivity contribution is -0.148. The lowest BCUT2D eigenvalue weighted by Crippen LogP contribution is -2.48. The number of carboxylic acids is 1. The molecule has 1 aliphatic rings. The number of methoxy groups -OCH3 is 1. The van der Waals surface area contributed by atoms with Gasteiger partial charge in [0.2, 0.25) is 0 Å². The van der Waals surface area contributed by atoms with E-state index in [1.165, 1.54) is 24.3 Å². The average Bonchev–Trinajstić information content (AvgIpc) is 3.19. The Bertz CT molecular complexity index is 1220. The SMILES string of the molecule is CCOC(=O)C1=NN(c2ccc(Cl)cc2Cl)C(C)(C(=O)OCC)C1.COc1c(Cl)ccc(Cl)c1C(=O)O. The van der Waals surface area contributed by atoms with E-state index in [0.29, 0.717) is 15.7 Å². The molecule has 0 amide bonds. The Morgan fingerprint density at radius 3 is 2.14 bits per heavy atom. The van der Waals surface area contributed by atoms with Gasteiger partial charge in [-0.3, -0.25) is 0 Å². The number of aromatic carboxylic acids is 1. The van der Waals surface area contributed by atoms with E-state index in [0.717, 1.165) is 0 Å². The van der Waals surface area contributed by atoms with E-state index in [1.807, 2.05) is 0 Å². The van der Waals surface area contributed by atoms with Crippen molar-refractivity contribution < 1.29 is 33.7 Å². The van der Waals surface area contributed by atoms with Crippen LogP contribution in [0.15, 0.2) is 35.4 Å². The van der Waals surface area contributed by atoms with Crippen molar-refractivity contribution >= 4 is 75.7 Å². The van der Waals surface area contributed by atoms with E-state index >= 15 is 0 Å². The highest BCUT2D eigenvalue weighted by Crippen LogP contribution is 2.39. The Morgan fingerprint density at radius 2 is 1.62 bits per heavy atom. The van der Waals surface area contributed by atoms with Crippen molar-refractivity contribution in [3.63, 3.8) is 0 Å². The van der Waals surface area contributed by atoms with Crippen LogP contribution in [0.3, 0.4) is 0 Å². The van der Waals surface area contributed by atoms with E-state index in [4.69, 9.17) is 65.7 Å². The molecule has 0 radical (unpaired) electrons. The summed E-state index contributed by atoms with van der Waals surface area (Å²) in [6.45, 7) is 5.49. The first-order valence-corrected chi connectivity index (χ1v) is 12.3. The molecule has 0 spiro atoms. The number of carbonyl (C=O) groups is 3. The van der Waals surface area contributed by atoms with Gasteiger partial charge in [0.25, 0.3) is 0 Å². The van der Waals surface area contributed by atoms with Gasteiger partial charge in [-0.1, -0.05) is 46.4 Å². The first-order chi connectivity index (χ1) is 17.4. The molecule has 0 fully saturated rings. The van der Waals surface area contributed by atoms with Crippen LogP contribution < -0.4 is 9.75 Å². The highest BCUT2D eigenvalue weighted by Gasteiger charge is 2.49. The normalized spacial score (nSPS) is 16.3. The lowest BCUT2D eigenvalue weighted by Gasteiger charge is -2.32. The fourth-order valence-corrected chi connectivity index (χ4v) is 4.30. The maximum atomic E-state index is 12.5. The van der Waals surface area contributed by atoms with Gasteiger partial charge in [-0.15, -0.1) is 0 Å². The molecule has 1 atom stereocenters. The Hall–Kier alpha value is -2.72. The second-order valence-corrected chi connectivity index (χ2v) is 9.25. The summed E-state index contributed by atoms with van der Waals surface area (Å²) in [6.07, 6.45) is 0.0591. The fourth-order valence-electron chi connectivity index (χ4n) is 3.34. The van der Waals surface area contributed by atoms with E-state index in [-0.39, 0.29) is 46.7 Å². The Balaban J connectivity index is 0.000000312. The summed E-state index contributed by atoms with van der Waals surface area (Å²) < 4.78 is 15.0. The first-order valence-electron chi connectivity index (χ1n) is 10.8. The third kappa shape index (κ3) is 6.98. The minimum Gasteiger partial charge on any atom is -0.494 e. The van der Waals surface area contributed by atoms with Crippen LogP contribution in [0, 0.1) is 0 Å². The standard InChI is InChI=1S/C16H18Cl2N2O4.C8H6Cl2O3/c1-4-23-14(21)12-9-16(3,15(22)24-5-2)20(19-12)13-7-6-10(17)8-11(13)18;1-13-7-5(10)3-2-4(9)6(7)8(11)12/h6-8H,4-5,9H2,1-3H3;2-3H,1H3,(H,11,12). The summed E-state index contributed by atoms with van der Waals surface area (Å²) in [4.78, 5) is 35.3. The predicted molar refractivity (Wildman–Crippen MR) is 143 cm³/mol. The number of anilines is 1. The minimum atomic E-state index is -1.20. The topological polar surface area (TPSA) is 115 Å². The lowest BCUT2D eigenvalue weighted by atomic mass is 9.95. The van der Waals surface area contributed by atoms with Crippen molar-refractivity contribution in [1.82, 2.24) is 0 Å². The predicted octanol–water partition coefficient (Wildman–Crippen LogP) is 6.14. The van der Waals surface area contributed by atoms with Gasteiger partial charge < -0.3 is 19.3 Å². The maximum Gasteiger partial charge on any atom is 0.354 e. The average molecular weight is 594 g/mol. The quantitative estimate of drug-likeness (QED) is 0.380. The molecule has 1 aliphatic heterocycles. The first kappa shape index (κ1) is 30.5. The molecule has 3 rings (SSSR count). The number of carboxylic acid groups (broad SMARTS) is 1. The Labute approximate surface area is 233 Å². The highest BCUT2D eigenvalue weighted by molar-refractivity contribution is 6.39. The largest absolute Gasteiger partial charge is 0.494 e. The number of hydrogen-bond acceptors (Lipinski definition) is 8. The van der Waals surface area contributed by atoms with Gasteiger partial charge in [-0.05, 0) is 51.1 Å². The zero-order valence-corrected chi connectivity index (χ0v) is 23.3. The van der Waals surface area contributed by atoms with Gasteiger partial charge in [0, 0.05) is 11.4 Å². The maximum absolute atomic E-state index is 12.5.